The fourth-order valence-corrected chi connectivity index (χ4v) is 8.39. The normalized spacial score (nSPS) is 58.2. The van der Waals surface area contributed by atoms with Crippen molar-refractivity contribution in [1.29, 1.82) is 0 Å². The zero-order valence-electron chi connectivity index (χ0n) is 15.9. The second kappa shape index (κ2) is 4.13. The average Bonchev–Trinajstić information content (AvgIpc) is 3.18. The highest BCUT2D eigenvalue weighted by atomic mass is 16.3. The molecule has 5 aliphatic rings. The van der Waals surface area contributed by atoms with Crippen molar-refractivity contribution >= 4 is 11.6 Å². The lowest BCUT2D eigenvalue weighted by atomic mass is 9.43. The first-order chi connectivity index (χ1) is 11.6. The maximum atomic E-state index is 12.7. The number of Topliss-reactive ketones (excluding diaryl/α,β-unsaturated/α-hetero) is 1. The van der Waals surface area contributed by atoms with Crippen LogP contribution in [0.5, 0.6) is 0 Å². The molecule has 7 unspecified atom stereocenters. The molecule has 0 saturated heterocycles. The third kappa shape index (κ3) is 1.41. The molecule has 0 aliphatic heterocycles. The lowest BCUT2D eigenvalue weighted by Crippen LogP contribution is -2.60. The molecular formula is C22H30O3. The van der Waals surface area contributed by atoms with Gasteiger partial charge in [0.1, 0.15) is 5.78 Å². The lowest BCUT2D eigenvalue weighted by Gasteiger charge is -2.61. The van der Waals surface area contributed by atoms with E-state index in [1.165, 1.54) is 0 Å². The fourth-order valence-electron chi connectivity index (χ4n) is 8.39. The SMILES string of the molecule is CC1(C)C(=O)C=CC23CC24C(O)CC2(C)C(=O)CCC2(C)C4CCC13. The van der Waals surface area contributed by atoms with E-state index in [1.807, 2.05) is 0 Å². The molecule has 2 spiro atoms. The Hall–Kier alpha value is -0.960. The Bertz CT molecular complexity index is 736. The van der Waals surface area contributed by atoms with Crippen LogP contribution in [-0.4, -0.2) is 22.8 Å². The minimum Gasteiger partial charge on any atom is -0.392 e. The maximum absolute atomic E-state index is 12.7. The van der Waals surface area contributed by atoms with Crippen LogP contribution in [0.2, 0.25) is 0 Å². The molecule has 0 aromatic heterocycles. The first-order valence-corrected chi connectivity index (χ1v) is 10.0. The molecule has 0 bridgehead atoms. The van der Waals surface area contributed by atoms with E-state index < -0.39 is 6.10 Å². The van der Waals surface area contributed by atoms with Crippen LogP contribution in [-0.2, 0) is 9.59 Å². The quantitative estimate of drug-likeness (QED) is 0.730. The van der Waals surface area contributed by atoms with Crippen LogP contribution in [0.25, 0.3) is 0 Å². The highest BCUT2D eigenvalue weighted by Gasteiger charge is 2.84. The van der Waals surface area contributed by atoms with Gasteiger partial charge in [-0.2, -0.15) is 0 Å². The van der Waals surface area contributed by atoms with E-state index in [4.69, 9.17) is 0 Å². The van der Waals surface area contributed by atoms with Gasteiger partial charge >= 0.3 is 0 Å². The molecule has 1 N–H and O–H groups in total. The molecule has 25 heavy (non-hydrogen) atoms. The Morgan fingerprint density at radius 3 is 2.48 bits per heavy atom. The number of aliphatic hydroxyl groups is 1. The number of hydrogen-bond donors (Lipinski definition) is 1. The summed E-state index contributed by atoms with van der Waals surface area (Å²) in [6.45, 7) is 8.63. The van der Waals surface area contributed by atoms with E-state index in [9.17, 15) is 14.7 Å². The summed E-state index contributed by atoms with van der Waals surface area (Å²) in [6, 6.07) is 0. The summed E-state index contributed by atoms with van der Waals surface area (Å²) in [6.07, 6.45) is 8.89. The Labute approximate surface area is 150 Å². The summed E-state index contributed by atoms with van der Waals surface area (Å²) in [5.74, 6) is 1.31. The summed E-state index contributed by atoms with van der Waals surface area (Å²) in [5.41, 5.74) is -0.845. The van der Waals surface area contributed by atoms with Crippen molar-refractivity contribution in [3.8, 4) is 0 Å². The molecule has 0 amide bonds. The van der Waals surface area contributed by atoms with Crippen LogP contribution in [0.1, 0.15) is 66.2 Å². The Balaban J connectivity index is 1.66. The van der Waals surface area contributed by atoms with Gasteiger partial charge in [-0.1, -0.05) is 33.8 Å². The molecule has 3 heteroatoms. The van der Waals surface area contributed by atoms with Crippen LogP contribution < -0.4 is 0 Å². The molecule has 3 nitrogen and oxygen atoms in total. The standard InChI is InChI=1S/C22H30O3/c1-18(2)13-5-6-14-19(3)9-7-16(24)20(19,4)11-17(25)22(14)12-21(13,22)10-8-15(18)23/h8,10,13-14,17,25H,5-7,9,11-12H2,1-4H3. The van der Waals surface area contributed by atoms with E-state index in [0.29, 0.717) is 30.5 Å². The van der Waals surface area contributed by atoms with Gasteiger partial charge in [-0.25, -0.2) is 0 Å². The number of carbonyl (C=O) groups is 2. The summed E-state index contributed by atoms with van der Waals surface area (Å²) >= 11 is 0. The maximum Gasteiger partial charge on any atom is 0.161 e. The van der Waals surface area contributed by atoms with Crippen molar-refractivity contribution in [3.05, 3.63) is 12.2 Å². The predicted octanol–water partition coefficient (Wildman–Crippen LogP) is 3.69. The number of aliphatic hydroxyl groups excluding tert-OH is 1. The largest absolute Gasteiger partial charge is 0.392 e. The van der Waals surface area contributed by atoms with E-state index in [1.54, 1.807) is 6.08 Å². The van der Waals surface area contributed by atoms with E-state index in [-0.39, 0.29) is 32.9 Å². The third-order valence-electron chi connectivity index (χ3n) is 10.1. The summed E-state index contributed by atoms with van der Waals surface area (Å²) < 4.78 is 0. The van der Waals surface area contributed by atoms with Crippen molar-refractivity contribution in [3.63, 3.8) is 0 Å². The molecule has 0 radical (unpaired) electrons. The number of carbonyl (C=O) groups excluding carboxylic acids is 2. The number of fused-ring (bicyclic) bond motifs is 2. The van der Waals surface area contributed by atoms with Gasteiger partial charge < -0.3 is 5.11 Å². The molecular weight excluding hydrogens is 312 g/mol. The molecule has 4 fully saturated rings. The summed E-state index contributed by atoms with van der Waals surface area (Å²) in [5, 5.41) is 11.3. The Morgan fingerprint density at radius 2 is 1.76 bits per heavy atom. The topological polar surface area (TPSA) is 54.4 Å². The highest BCUT2D eigenvalue weighted by molar-refractivity contribution is 5.96. The van der Waals surface area contributed by atoms with Crippen LogP contribution in [0.4, 0.5) is 0 Å². The van der Waals surface area contributed by atoms with Crippen molar-refractivity contribution in [2.24, 2.45) is 38.9 Å². The first-order valence-electron chi connectivity index (χ1n) is 10.0. The fraction of sp³-hybridized carbons (Fsp3) is 0.818. The van der Waals surface area contributed by atoms with E-state index in [2.05, 4.69) is 33.8 Å². The highest BCUT2D eigenvalue weighted by Crippen LogP contribution is 2.86. The van der Waals surface area contributed by atoms with Crippen molar-refractivity contribution in [2.45, 2.75) is 72.3 Å². The monoisotopic (exact) mass is 342 g/mol. The molecule has 136 valence electrons. The van der Waals surface area contributed by atoms with Crippen molar-refractivity contribution < 1.29 is 14.7 Å². The number of allylic oxidation sites excluding steroid dienone is 2. The van der Waals surface area contributed by atoms with Gasteiger partial charge in [0.15, 0.2) is 5.78 Å². The summed E-state index contributed by atoms with van der Waals surface area (Å²) in [4.78, 5) is 25.2. The molecule has 0 aromatic rings. The van der Waals surface area contributed by atoms with Crippen LogP contribution >= 0.6 is 0 Å². The first kappa shape index (κ1) is 16.2. The van der Waals surface area contributed by atoms with Gasteiger partial charge in [0, 0.05) is 28.1 Å². The zero-order valence-corrected chi connectivity index (χ0v) is 15.9. The van der Waals surface area contributed by atoms with E-state index in [0.717, 1.165) is 25.7 Å². The van der Waals surface area contributed by atoms with Gasteiger partial charge in [-0.3, -0.25) is 9.59 Å². The minimum absolute atomic E-state index is 0.00276. The second-order valence-corrected chi connectivity index (χ2v) is 10.8. The second-order valence-electron chi connectivity index (χ2n) is 10.8. The van der Waals surface area contributed by atoms with Gasteiger partial charge in [0.2, 0.25) is 0 Å². The van der Waals surface area contributed by atoms with Crippen LogP contribution in [0, 0.1) is 38.9 Å². The van der Waals surface area contributed by atoms with Gasteiger partial charge in [0.25, 0.3) is 0 Å². The Morgan fingerprint density at radius 1 is 1.08 bits per heavy atom. The van der Waals surface area contributed by atoms with Crippen LogP contribution in [0.3, 0.4) is 0 Å². The Kier molecular flexibility index (Phi) is 2.68. The molecule has 7 atom stereocenters. The molecule has 4 saturated carbocycles. The van der Waals surface area contributed by atoms with E-state index >= 15 is 0 Å². The molecule has 0 heterocycles. The molecule has 5 rings (SSSR count). The third-order valence-corrected chi connectivity index (χ3v) is 10.1. The smallest absolute Gasteiger partial charge is 0.161 e. The number of rotatable bonds is 0. The average molecular weight is 342 g/mol. The minimum atomic E-state index is -0.422. The van der Waals surface area contributed by atoms with Crippen molar-refractivity contribution in [2.75, 3.05) is 0 Å². The van der Waals surface area contributed by atoms with Gasteiger partial charge in [0.05, 0.1) is 6.10 Å². The van der Waals surface area contributed by atoms with Crippen molar-refractivity contribution in [1.82, 2.24) is 0 Å². The number of hydrogen-bond acceptors (Lipinski definition) is 3. The zero-order chi connectivity index (χ0) is 18.0. The molecule has 5 aliphatic carbocycles. The molecule has 0 aromatic carbocycles. The summed E-state index contributed by atoms with van der Waals surface area (Å²) in [7, 11) is 0. The van der Waals surface area contributed by atoms with Gasteiger partial charge in [-0.15, -0.1) is 0 Å². The predicted molar refractivity (Wildman–Crippen MR) is 94.7 cm³/mol. The lowest BCUT2D eigenvalue weighted by molar-refractivity contribution is -0.174. The number of ketones is 2. The van der Waals surface area contributed by atoms with Gasteiger partial charge in [-0.05, 0) is 55.4 Å². The van der Waals surface area contributed by atoms with Crippen LogP contribution in [0.15, 0.2) is 12.2 Å².